The fourth-order valence-corrected chi connectivity index (χ4v) is 1.79. The van der Waals surface area contributed by atoms with Gasteiger partial charge in [-0.15, -0.1) is 12.6 Å². The maximum Gasteiger partial charge on any atom is 0.318 e. The molecule has 0 N–H and O–H groups in total. The molecule has 2 rings (SSSR count). The Morgan fingerprint density at radius 3 is 2.86 bits per heavy atom. The Balaban J connectivity index is 2.42. The molecule has 0 amide bonds. The van der Waals surface area contributed by atoms with E-state index in [0.29, 0.717) is 16.5 Å². The Morgan fingerprint density at radius 1 is 1.50 bits per heavy atom. The fraction of sp³-hybridized carbons (Fsp3) is 0.250. The Hall–Kier alpha value is -0.680. The van der Waals surface area contributed by atoms with E-state index < -0.39 is 12.1 Å². The highest BCUT2D eigenvalue weighted by molar-refractivity contribution is 7.80. The molecule has 1 unspecified atom stereocenters. The molecular weight excluding hydrogens is 232 g/mol. The van der Waals surface area contributed by atoms with E-state index in [0.717, 1.165) is 4.90 Å². The number of thiol groups is 1. The molecule has 6 heteroatoms. The number of alkyl halides is 2. The van der Waals surface area contributed by atoms with Crippen LogP contribution in [-0.2, 0) is 0 Å². The minimum atomic E-state index is -2.64. The van der Waals surface area contributed by atoms with E-state index in [1.807, 2.05) is 0 Å². The topological polar surface area (TPSA) is 12.5 Å². The van der Waals surface area contributed by atoms with Gasteiger partial charge in [0.25, 0.3) is 0 Å². The van der Waals surface area contributed by atoms with Crippen LogP contribution in [0.15, 0.2) is 18.2 Å². The molecule has 1 aromatic rings. The predicted molar refractivity (Wildman–Crippen MR) is 53.3 cm³/mol. The van der Waals surface area contributed by atoms with Gasteiger partial charge in [-0.1, -0.05) is 11.6 Å². The molecule has 1 atom stereocenters. The van der Waals surface area contributed by atoms with Gasteiger partial charge in [0.1, 0.15) is 5.75 Å². The zero-order chi connectivity index (χ0) is 10.3. The summed E-state index contributed by atoms with van der Waals surface area (Å²) in [6.45, 7) is -2.64. The largest absolute Gasteiger partial charge is 0.459 e. The zero-order valence-corrected chi connectivity index (χ0v) is 8.47. The molecule has 0 spiro atoms. The van der Waals surface area contributed by atoms with Crippen molar-refractivity contribution in [3.63, 3.8) is 0 Å². The highest BCUT2D eigenvalue weighted by Gasteiger charge is 2.34. The average molecular weight is 238 g/mol. The van der Waals surface area contributed by atoms with Crippen LogP contribution in [0.3, 0.4) is 0 Å². The van der Waals surface area contributed by atoms with Crippen LogP contribution in [0.4, 0.5) is 14.5 Å². The van der Waals surface area contributed by atoms with Crippen molar-refractivity contribution < 1.29 is 13.5 Å². The van der Waals surface area contributed by atoms with Gasteiger partial charge in [0, 0.05) is 11.1 Å². The van der Waals surface area contributed by atoms with Crippen LogP contribution in [0.25, 0.3) is 0 Å². The van der Waals surface area contributed by atoms with Crippen molar-refractivity contribution in [1.82, 2.24) is 0 Å². The summed E-state index contributed by atoms with van der Waals surface area (Å²) in [5.41, 5.74) is -0.645. The highest BCUT2D eigenvalue weighted by Crippen LogP contribution is 2.41. The lowest BCUT2D eigenvalue weighted by molar-refractivity contribution is 0.120. The molecule has 1 aliphatic heterocycles. The molecule has 1 heterocycles. The van der Waals surface area contributed by atoms with Crippen LogP contribution >= 0.6 is 24.2 Å². The number of fused-ring (bicyclic) bond motifs is 1. The molecule has 2 nitrogen and oxygen atoms in total. The first kappa shape index (κ1) is 9.86. The normalized spacial score (nSPS) is 19.8. The van der Waals surface area contributed by atoms with Crippen molar-refractivity contribution in [2.75, 3.05) is 4.90 Å². The Labute approximate surface area is 89.8 Å². The summed E-state index contributed by atoms with van der Waals surface area (Å²) in [6.07, 6.45) is 0. The molecule has 1 aliphatic rings. The standard InChI is InChI=1S/C8H6ClF2NOS/c9-4-1-2-5-6(3-4)13-8(14)12(5)7(10)11/h1-3,7-8,14H. The molecule has 1 aromatic carbocycles. The van der Waals surface area contributed by atoms with E-state index >= 15 is 0 Å². The minimum absolute atomic E-state index is 0.310. The molecule has 0 aliphatic carbocycles. The zero-order valence-electron chi connectivity index (χ0n) is 6.82. The molecule has 0 aromatic heterocycles. The number of rotatable bonds is 1. The Morgan fingerprint density at radius 2 is 2.21 bits per heavy atom. The van der Waals surface area contributed by atoms with Crippen LogP contribution in [0.5, 0.6) is 5.75 Å². The van der Waals surface area contributed by atoms with Crippen molar-refractivity contribution >= 4 is 29.9 Å². The average Bonchev–Trinajstić information content (AvgIpc) is 2.39. The summed E-state index contributed by atoms with van der Waals surface area (Å²) >= 11 is 9.57. The Kier molecular flexibility index (Phi) is 2.45. The lowest BCUT2D eigenvalue weighted by Crippen LogP contribution is -2.34. The van der Waals surface area contributed by atoms with E-state index in [1.54, 1.807) is 0 Å². The second kappa shape index (κ2) is 3.47. The van der Waals surface area contributed by atoms with Gasteiger partial charge in [-0.25, -0.2) is 0 Å². The van der Waals surface area contributed by atoms with Gasteiger partial charge >= 0.3 is 6.55 Å². The van der Waals surface area contributed by atoms with Crippen molar-refractivity contribution in [3.8, 4) is 5.75 Å². The number of hydrogen-bond acceptors (Lipinski definition) is 3. The first-order valence-corrected chi connectivity index (χ1v) is 4.70. The van der Waals surface area contributed by atoms with Gasteiger partial charge in [-0.3, -0.25) is 4.90 Å². The molecule has 0 radical (unpaired) electrons. The van der Waals surface area contributed by atoms with Gasteiger partial charge in [0.05, 0.1) is 5.69 Å². The second-order valence-corrected chi connectivity index (χ2v) is 3.62. The smallest absolute Gasteiger partial charge is 0.318 e. The van der Waals surface area contributed by atoms with E-state index in [1.165, 1.54) is 18.2 Å². The van der Waals surface area contributed by atoms with Crippen LogP contribution in [0.1, 0.15) is 0 Å². The van der Waals surface area contributed by atoms with Crippen molar-refractivity contribution in [3.05, 3.63) is 23.2 Å². The van der Waals surface area contributed by atoms with Gasteiger partial charge in [-0.05, 0) is 12.1 Å². The van der Waals surface area contributed by atoms with Gasteiger partial charge < -0.3 is 4.74 Å². The van der Waals surface area contributed by atoms with Crippen molar-refractivity contribution in [2.45, 2.75) is 12.1 Å². The first-order valence-electron chi connectivity index (χ1n) is 3.80. The van der Waals surface area contributed by atoms with Crippen LogP contribution in [0.2, 0.25) is 5.02 Å². The Bertz CT molecular complexity index is 363. The lowest BCUT2D eigenvalue weighted by atomic mass is 10.3. The van der Waals surface area contributed by atoms with E-state index in [9.17, 15) is 8.78 Å². The second-order valence-electron chi connectivity index (χ2n) is 2.74. The number of benzene rings is 1. The number of nitrogens with zero attached hydrogens (tertiary/aromatic N) is 1. The number of anilines is 1. The summed E-state index contributed by atoms with van der Waals surface area (Å²) < 4.78 is 30.2. The van der Waals surface area contributed by atoms with Crippen LogP contribution in [-0.4, -0.2) is 12.1 Å². The summed E-state index contributed by atoms with van der Waals surface area (Å²) in [4.78, 5) is 0.773. The summed E-state index contributed by atoms with van der Waals surface area (Å²) in [5.74, 6) is 0.331. The maximum atomic E-state index is 12.5. The monoisotopic (exact) mass is 237 g/mol. The lowest BCUT2D eigenvalue weighted by Gasteiger charge is -2.19. The summed E-state index contributed by atoms with van der Waals surface area (Å²) in [5, 5.41) is 0.445. The van der Waals surface area contributed by atoms with Gasteiger partial charge in [0.15, 0.2) is 0 Å². The molecule has 0 bridgehead atoms. The fourth-order valence-electron chi connectivity index (χ4n) is 1.29. The van der Waals surface area contributed by atoms with E-state index in [-0.39, 0.29) is 0 Å². The van der Waals surface area contributed by atoms with Crippen molar-refractivity contribution in [2.24, 2.45) is 0 Å². The molecule has 0 fully saturated rings. The molecule has 0 saturated heterocycles. The van der Waals surface area contributed by atoms with Crippen LogP contribution in [0, 0.1) is 0 Å². The molecular formula is C8H6ClF2NOS. The first-order chi connectivity index (χ1) is 6.59. The molecule has 14 heavy (non-hydrogen) atoms. The number of hydrogen-bond donors (Lipinski definition) is 1. The highest BCUT2D eigenvalue weighted by atomic mass is 35.5. The van der Waals surface area contributed by atoms with E-state index in [4.69, 9.17) is 16.3 Å². The van der Waals surface area contributed by atoms with Gasteiger partial charge in [0.2, 0.25) is 5.56 Å². The van der Waals surface area contributed by atoms with Gasteiger partial charge in [-0.2, -0.15) is 8.78 Å². The SMILES string of the molecule is FC(F)N1c2ccc(Cl)cc2OC1S. The van der Waals surface area contributed by atoms with Crippen molar-refractivity contribution in [1.29, 1.82) is 0 Å². The number of ether oxygens (including phenoxy) is 1. The number of halogens is 3. The summed E-state index contributed by atoms with van der Waals surface area (Å²) in [7, 11) is 0. The molecule has 76 valence electrons. The predicted octanol–water partition coefficient (Wildman–Crippen LogP) is 2.97. The third-order valence-corrected chi connectivity index (χ3v) is 2.47. The third-order valence-electron chi connectivity index (χ3n) is 1.88. The van der Waals surface area contributed by atoms with Crippen LogP contribution < -0.4 is 9.64 Å². The quantitative estimate of drug-likeness (QED) is 0.596. The van der Waals surface area contributed by atoms with E-state index in [2.05, 4.69) is 12.6 Å². The molecule has 0 saturated carbocycles. The minimum Gasteiger partial charge on any atom is -0.459 e. The maximum absolute atomic E-state index is 12.5. The third kappa shape index (κ3) is 1.50. The summed E-state index contributed by atoms with van der Waals surface area (Å²) in [6, 6.07) is 4.51.